The number of pyridine rings is 1. The maximum Gasteiger partial charge on any atom is 0.163 e. The maximum absolute atomic E-state index is 6.71. The van der Waals surface area contributed by atoms with Crippen molar-refractivity contribution >= 4 is 51.5 Å². The number of nitrogens with one attached hydrogen (secondary N) is 1. The number of halogens is 2. The van der Waals surface area contributed by atoms with Gasteiger partial charge in [0.05, 0.1) is 10.1 Å². The Labute approximate surface area is 183 Å². The molecular formula is C23H17Cl2N3O2. The summed E-state index contributed by atoms with van der Waals surface area (Å²) in [5, 5.41) is 4.53. The Morgan fingerprint density at radius 2 is 1.80 bits per heavy atom. The van der Waals surface area contributed by atoms with Gasteiger partial charge in [0.25, 0.3) is 0 Å². The van der Waals surface area contributed by atoms with Gasteiger partial charge in [0.15, 0.2) is 11.5 Å². The van der Waals surface area contributed by atoms with Crippen LogP contribution in [0.15, 0.2) is 66.9 Å². The fourth-order valence-corrected chi connectivity index (χ4v) is 3.74. The van der Waals surface area contributed by atoms with E-state index in [1.165, 1.54) is 0 Å². The molecule has 5 nitrogen and oxygen atoms in total. The van der Waals surface area contributed by atoms with Crippen LogP contribution in [0.25, 0.3) is 16.8 Å². The molecule has 2 aromatic carbocycles. The van der Waals surface area contributed by atoms with Gasteiger partial charge < -0.3 is 14.8 Å². The summed E-state index contributed by atoms with van der Waals surface area (Å²) in [6.45, 7) is 1.08. The number of aromatic nitrogens is 2. The molecule has 150 valence electrons. The van der Waals surface area contributed by atoms with Gasteiger partial charge in [0.2, 0.25) is 0 Å². The van der Waals surface area contributed by atoms with E-state index in [0.717, 1.165) is 22.6 Å². The number of ether oxygens (including phenoxy) is 2. The molecule has 1 aliphatic rings. The van der Waals surface area contributed by atoms with E-state index >= 15 is 0 Å². The van der Waals surface area contributed by atoms with Crippen LogP contribution in [0, 0.1) is 0 Å². The summed E-state index contributed by atoms with van der Waals surface area (Å²) in [7, 11) is 0. The van der Waals surface area contributed by atoms with Crippen LogP contribution in [0.2, 0.25) is 5.02 Å². The van der Waals surface area contributed by atoms with E-state index < -0.39 is 0 Å². The second-order valence-corrected chi connectivity index (χ2v) is 7.61. The van der Waals surface area contributed by atoms with Crippen molar-refractivity contribution < 1.29 is 9.47 Å². The number of fused-ring (bicyclic) bond motifs is 2. The normalized spacial score (nSPS) is 13.5. The van der Waals surface area contributed by atoms with Crippen LogP contribution in [0.5, 0.6) is 11.5 Å². The minimum absolute atomic E-state index is 0.515. The van der Waals surface area contributed by atoms with Crippen LogP contribution < -0.4 is 14.8 Å². The van der Waals surface area contributed by atoms with Crippen molar-refractivity contribution in [2.75, 3.05) is 18.5 Å². The minimum atomic E-state index is 0.515. The number of imidazole rings is 1. The van der Waals surface area contributed by atoms with Crippen LogP contribution >= 0.6 is 23.2 Å². The van der Waals surface area contributed by atoms with Crippen LogP contribution in [0.3, 0.4) is 0 Å². The molecule has 0 saturated heterocycles. The van der Waals surface area contributed by atoms with Crippen molar-refractivity contribution in [3.8, 4) is 11.5 Å². The number of anilines is 2. The number of benzene rings is 2. The summed E-state index contributed by atoms with van der Waals surface area (Å²) < 4.78 is 13.2. The zero-order valence-corrected chi connectivity index (χ0v) is 17.3. The lowest BCUT2D eigenvalue weighted by Crippen LogP contribution is -2.15. The summed E-state index contributed by atoms with van der Waals surface area (Å²) in [5.74, 6) is 2.14. The predicted octanol–water partition coefficient (Wildman–Crippen LogP) is 6.24. The molecule has 2 aromatic heterocycles. The summed E-state index contributed by atoms with van der Waals surface area (Å²) in [6, 6.07) is 19.2. The molecule has 0 fully saturated rings. The first-order chi connectivity index (χ1) is 14.7. The highest BCUT2D eigenvalue weighted by atomic mass is 35.5. The molecular weight excluding hydrogens is 421 g/mol. The van der Waals surface area contributed by atoms with E-state index in [0.29, 0.717) is 40.5 Å². The zero-order valence-electron chi connectivity index (χ0n) is 15.8. The lowest BCUT2D eigenvalue weighted by atomic mass is 10.2. The molecule has 0 saturated carbocycles. The topological polar surface area (TPSA) is 47.8 Å². The summed E-state index contributed by atoms with van der Waals surface area (Å²) >= 11 is 13.0. The summed E-state index contributed by atoms with van der Waals surface area (Å²) in [5.41, 5.74) is 3.17. The molecule has 0 atom stereocenters. The molecule has 7 heteroatoms. The van der Waals surface area contributed by atoms with Gasteiger partial charge in [-0.3, -0.25) is 4.40 Å². The largest absolute Gasteiger partial charge is 0.486 e. The van der Waals surface area contributed by atoms with Crippen LogP contribution in [-0.4, -0.2) is 22.6 Å². The van der Waals surface area contributed by atoms with E-state index in [-0.39, 0.29) is 0 Å². The quantitative estimate of drug-likeness (QED) is 0.410. The molecule has 5 rings (SSSR count). The number of hydrogen-bond acceptors (Lipinski definition) is 4. The molecule has 0 aliphatic carbocycles. The summed E-state index contributed by atoms with van der Waals surface area (Å²) in [4.78, 5) is 4.72. The minimum Gasteiger partial charge on any atom is -0.486 e. The highest BCUT2D eigenvalue weighted by Gasteiger charge is 2.18. The molecule has 0 spiro atoms. The summed E-state index contributed by atoms with van der Waals surface area (Å²) in [6.07, 6.45) is 3.69. The van der Waals surface area contributed by atoms with Gasteiger partial charge in [-0.2, -0.15) is 0 Å². The highest BCUT2D eigenvalue weighted by Crippen LogP contribution is 2.36. The van der Waals surface area contributed by atoms with Gasteiger partial charge in [0, 0.05) is 18.0 Å². The van der Waals surface area contributed by atoms with Gasteiger partial charge in [-0.05, 0) is 35.9 Å². The lowest BCUT2D eigenvalue weighted by Gasteiger charge is -2.19. The van der Waals surface area contributed by atoms with E-state index in [1.54, 1.807) is 12.3 Å². The Kier molecular flexibility index (Phi) is 4.99. The molecule has 30 heavy (non-hydrogen) atoms. The molecule has 3 heterocycles. The van der Waals surface area contributed by atoms with Gasteiger partial charge in [-0.15, -0.1) is 0 Å². The van der Waals surface area contributed by atoms with Crippen molar-refractivity contribution in [3.63, 3.8) is 0 Å². The van der Waals surface area contributed by atoms with Gasteiger partial charge >= 0.3 is 0 Å². The Morgan fingerprint density at radius 1 is 1.00 bits per heavy atom. The Hall–Kier alpha value is -3.15. The fraction of sp³-hybridized carbons (Fsp3) is 0.0870. The van der Waals surface area contributed by atoms with E-state index in [2.05, 4.69) is 5.32 Å². The van der Waals surface area contributed by atoms with Crippen LogP contribution in [-0.2, 0) is 0 Å². The van der Waals surface area contributed by atoms with Crippen molar-refractivity contribution in [3.05, 3.63) is 83.1 Å². The number of nitrogens with zero attached hydrogens (tertiary/aromatic N) is 2. The monoisotopic (exact) mass is 437 g/mol. The third-order valence-corrected chi connectivity index (χ3v) is 5.22. The molecule has 0 bridgehead atoms. The smallest absolute Gasteiger partial charge is 0.163 e. The standard InChI is InChI=1S/C23H17Cl2N3O2/c24-16-6-9-21-27-22(18(25)12-15-4-2-1-3-5-15)23(28(21)14-16)26-17-7-8-19-20(13-17)30-11-10-29-19/h1-9,12-14,26H,10-11H2/b18-12-. The van der Waals surface area contributed by atoms with Gasteiger partial charge in [0.1, 0.15) is 30.4 Å². The van der Waals surface area contributed by atoms with Crippen molar-refractivity contribution in [2.24, 2.45) is 0 Å². The third-order valence-electron chi connectivity index (χ3n) is 4.71. The van der Waals surface area contributed by atoms with E-state index in [1.807, 2.05) is 65.1 Å². The molecule has 4 aromatic rings. The van der Waals surface area contributed by atoms with Gasteiger partial charge in [-0.25, -0.2) is 4.98 Å². The highest BCUT2D eigenvalue weighted by molar-refractivity contribution is 6.51. The van der Waals surface area contributed by atoms with E-state index in [9.17, 15) is 0 Å². The zero-order chi connectivity index (χ0) is 20.5. The van der Waals surface area contributed by atoms with E-state index in [4.69, 9.17) is 37.7 Å². The molecule has 0 amide bonds. The van der Waals surface area contributed by atoms with Gasteiger partial charge in [-0.1, -0.05) is 53.5 Å². The third kappa shape index (κ3) is 3.70. The van der Waals surface area contributed by atoms with Crippen LogP contribution in [0.1, 0.15) is 11.3 Å². The first kappa shape index (κ1) is 18.9. The molecule has 0 radical (unpaired) electrons. The van der Waals surface area contributed by atoms with Crippen molar-refractivity contribution in [2.45, 2.75) is 0 Å². The SMILES string of the molecule is Cl/C(=C\c1ccccc1)c1nc2ccc(Cl)cn2c1Nc1ccc2c(c1)OCCO2. The average Bonchev–Trinajstić information content (AvgIpc) is 3.12. The van der Waals surface area contributed by atoms with Crippen molar-refractivity contribution in [1.29, 1.82) is 0 Å². The van der Waals surface area contributed by atoms with Crippen LogP contribution in [0.4, 0.5) is 11.5 Å². The lowest BCUT2D eigenvalue weighted by molar-refractivity contribution is 0.171. The Morgan fingerprint density at radius 3 is 2.63 bits per heavy atom. The van der Waals surface area contributed by atoms with Crippen molar-refractivity contribution in [1.82, 2.24) is 9.38 Å². The second kappa shape index (κ2) is 7.94. The Balaban J connectivity index is 1.60. The predicted molar refractivity (Wildman–Crippen MR) is 121 cm³/mol. The first-order valence-corrected chi connectivity index (χ1v) is 10.2. The average molecular weight is 438 g/mol. The fourth-order valence-electron chi connectivity index (χ4n) is 3.33. The molecule has 1 aliphatic heterocycles. The first-order valence-electron chi connectivity index (χ1n) is 9.44. The Bertz CT molecular complexity index is 1250. The molecule has 1 N–H and O–H groups in total. The number of hydrogen-bond donors (Lipinski definition) is 1. The molecule has 0 unspecified atom stereocenters. The second-order valence-electron chi connectivity index (χ2n) is 6.77. The maximum atomic E-state index is 6.71. The number of rotatable bonds is 4.